The lowest BCUT2D eigenvalue weighted by molar-refractivity contribution is -0.137. The molecule has 1 fully saturated rings. The minimum Gasteiger partial charge on any atom is -0.481 e. The fourth-order valence-electron chi connectivity index (χ4n) is 2.36. The number of carbonyl (C=O) groups is 1. The number of nitrogens with two attached hydrogens (primary N) is 1. The lowest BCUT2D eigenvalue weighted by Crippen LogP contribution is -2.34. The molecule has 2 rings (SSSR count). The van der Waals surface area contributed by atoms with Crippen LogP contribution >= 0.6 is 12.2 Å². The van der Waals surface area contributed by atoms with Crippen LogP contribution in [0.3, 0.4) is 0 Å². The summed E-state index contributed by atoms with van der Waals surface area (Å²) in [5.41, 5.74) is 4.99. The van der Waals surface area contributed by atoms with Crippen LogP contribution in [0.2, 0.25) is 0 Å². The highest BCUT2D eigenvalue weighted by Crippen LogP contribution is 2.29. The quantitative estimate of drug-likeness (QED) is 0.329. The summed E-state index contributed by atoms with van der Waals surface area (Å²) in [6.07, 6.45) is -4.18. The van der Waals surface area contributed by atoms with Crippen molar-refractivity contribution in [2.75, 3.05) is 6.61 Å². The van der Waals surface area contributed by atoms with Gasteiger partial charge in [-0.1, -0.05) is 0 Å². The van der Waals surface area contributed by atoms with Crippen LogP contribution in [0.4, 0.5) is 0 Å². The summed E-state index contributed by atoms with van der Waals surface area (Å²) in [6, 6.07) is -1.09. The third kappa shape index (κ3) is 3.49. The molecule has 23 heavy (non-hydrogen) atoms. The van der Waals surface area contributed by atoms with Gasteiger partial charge in [-0.25, -0.2) is 0 Å². The first kappa shape index (κ1) is 17.7. The van der Waals surface area contributed by atoms with Crippen LogP contribution in [0, 0.1) is 4.77 Å². The number of H-pyrrole nitrogens is 1. The molecule has 10 nitrogen and oxygen atoms in total. The molecule has 0 saturated carbocycles. The largest absolute Gasteiger partial charge is 0.481 e. The molecule has 11 heteroatoms. The van der Waals surface area contributed by atoms with E-state index in [0.29, 0.717) is 0 Å². The van der Waals surface area contributed by atoms with Gasteiger partial charge in [-0.05, 0) is 12.2 Å². The maximum atomic E-state index is 11.9. The molecule has 0 spiro atoms. The van der Waals surface area contributed by atoms with E-state index in [1.54, 1.807) is 0 Å². The molecule has 1 saturated heterocycles. The second-order valence-corrected chi connectivity index (χ2v) is 5.57. The Kier molecular flexibility index (Phi) is 5.29. The summed E-state index contributed by atoms with van der Waals surface area (Å²) < 4.78 is 6.39. The molecule has 128 valence electrons. The highest BCUT2D eigenvalue weighted by molar-refractivity contribution is 7.71. The number of carboxylic acid groups (broad SMARTS) is 1. The zero-order valence-corrected chi connectivity index (χ0v) is 12.6. The van der Waals surface area contributed by atoms with Crippen LogP contribution in [0.5, 0.6) is 0 Å². The number of aromatic amines is 1. The number of aliphatic carboxylic acids is 1. The number of carboxylic acids is 1. The molecule has 1 aliphatic heterocycles. The van der Waals surface area contributed by atoms with Gasteiger partial charge < -0.3 is 30.9 Å². The van der Waals surface area contributed by atoms with Crippen molar-refractivity contribution < 1.29 is 30.0 Å². The van der Waals surface area contributed by atoms with Gasteiger partial charge in [0.05, 0.1) is 18.6 Å². The molecule has 0 aliphatic carbocycles. The predicted molar refractivity (Wildman–Crippen MR) is 78.1 cm³/mol. The highest BCUT2D eigenvalue weighted by Gasteiger charge is 2.43. The smallest absolute Gasteiger partial charge is 0.305 e. The minimum atomic E-state index is -1.40. The first-order chi connectivity index (χ1) is 10.8. The number of aliphatic hydroxyl groups is 3. The van der Waals surface area contributed by atoms with Crippen molar-refractivity contribution in [1.29, 1.82) is 0 Å². The predicted octanol–water partition coefficient (Wildman–Crippen LogP) is -2.01. The number of nitrogens with zero attached hydrogens (tertiary/aromatic N) is 1. The van der Waals surface area contributed by atoms with Crippen LogP contribution in [0.1, 0.15) is 24.3 Å². The molecule has 1 unspecified atom stereocenters. The minimum absolute atomic E-state index is 0.0567. The van der Waals surface area contributed by atoms with Crippen LogP contribution in [-0.2, 0) is 9.53 Å². The first-order valence-corrected chi connectivity index (χ1v) is 7.12. The van der Waals surface area contributed by atoms with E-state index in [0.717, 1.165) is 4.57 Å². The van der Waals surface area contributed by atoms with Crippen LogP contribution in [0.15, 0.2) is 11.0 Å². The van der Waals surface area contributed by atoms with E-state index in [1.165, 1.54) is 6.20 Å². The second kappa shape index (κ2) is 6.86. The Morgan fingerprint density at radius 1 is 1.48 bits per heavy atom. The van der Waals surface area contributed by atoms with Gasteiger partial charge in [0, 0.05) is 12.2 Å². The molecule has 0 aromatic carbocycles. The Morgan fingerprint density at radius 2 is 2.13 bits per heavy atom. The van der Waals surface area contributed by atoms with Crippen molar-refractivity contribution in [3.63, 3.8) is 0 Å². The maximum Gasteiger partial charge on any atom is 0.305 e. The van der Waals surface area contributed by atoms with Crippen molar-refractivity contribution in [3.05, 3.63) is 26.9 Å². The normalized spacial score (nSPS) is 28.7. The zero-order chi connectivity index (χ0) is 17.3. The fraction of sp³-hybridized carbons (Fsp3) is 0.583. The molecule has 5 atom stereocenters. The van der Waals surface area contributed by atoms with Gasteiger partial charge in [0.1, 0.15) is 18.3 Å². The van der Waals surface area contributed by atoms with E-state index in [-0.39, 0.29) is 10.3 Å². The summed E-state index contributed by atoms with van der Waals surface area (Å²) in [5, 5.41) is 37.7. The molecule has 0 bridgehead atoms. The van der Waals surface area contributed by atoms with Crippen molar-refractivity contribution >= 4 is 18.2 Å². The summed E-state index contributed by atoms with van der Waals surface area (Å²) in [4.78, 5) is 25.0. The van der Waals surface area contributed by atoms with Gasteiger partial charge >= 0.3 is 5.97 Å². The van der Waals surface area contributed by atoms with Crippen LogP contribution in [-0.4, -0.2) is 60.9 Å². The van der Waals surface area contributed by atoms with Gasteiger partial charge in [-0.15, -0.1) is 0 Å². The Hall–Kier alpha value is -1.63. The number of hydrogen-bond donors (Lipinski definition) is 6. The standard InChI is InChI=1S/C12H17N3O7S/c13-5(1-7(17)18)4-2-15(12(23)14-10(4)21)11-9(20)8(19)6(3-16)22-11/h2,5-6,8-9,11,16,19-20H,1,3,13H2,(H,17,18)(H,14,21,23)/t5?,6-,8-,9-,11-/m1/s1. The molecular weight excluding hydrogens is 330 g/mol. The molecule has 1 aromatic heterocycles. The molecule has 1 aliphatic rings. The summed E-state index contributed by atoms with van der Waals surface area (Å²) in [6.45, 7) is -0.517. The first-order valence-electron chi connectivity index (χ1n) is 6.71. The summed E-state index contributed by atoms with van der Waals surface area (Å²) in [7, 11) is 0. The molecule has 1 aromatic rings. The van der Waals surface area contributed by atoms with Crippen molar-refractivity contribution in [1.82, 2.24) is 9.55 Å². The zero-order valence-electron chi connectivity index (χ0n) is 11.8. The maximum absolute atomic E-state index is 11.9. The lowest BCUT2D eigenvalue weighted by Gasteiger charge is -2.20. The molecular formula is C12H17N3O7S. The van der Waals surface area contributed by atoms with E-state index in [9.17, 15) is 19.8 Å². The van der Waals surface area contributed by atoms with Gasteiger partial charge in [-0.3, -0.25) is 19.1 Å². The monoisotopic (exact) mass is 347 g/mol. The Balaban J connectivity index is 2.42. The average molecular weight is 347 g/mol. The van der Waals surface area contributed by atoms with E-state index in [1.807, 2.05) is 0 Å². The average Bonchev–Trinajstić information content (AvgIpc) is 2.74. The van der Waals surface area contributed by atoms with Crippen molar-refractivity contribution in [3.8, 4) is 0 Å². The van der Waals surface area contributed by atoms with Crippen LogP contribution < -0.4 is 11.3 Å². The van der Waals surface area contributed by atoms with E-state index in [2.05, 4.69) is 4.98 Å². The SMILES string of the molecule is NC(CC(=O)O)c1cn([C@@H]2O[C@H](CO)[C@@H](O)[C@H]2O)c(=S)[nH]c1=O. The summed E-state index contributed by atoms with van der Waals surface area (Å²) >= 11 is 4.99. The molecule has 7 N–H and O–H groups in total. The molecule has 2 heterocycles. The lowest BCUT2D eigenvalue weighted by atomic mass is 10.1. The number of ether oxygens (including phenoxy) is 1. The third-order valence-electron chi connectivity index (χ3n) is 3.58. The Bertz CT molecular complexity index is 703. The Labute approximate surface area is 134 Å². The number of rotatable bonds is 5. The van der Waals surface area contributed by atoms with Crippen molar-refractivity contribution in [2.45, 2.75) is 37.0 Å². The molecule has 0 amide bonds. The topological polar surface area (TPSA) is 171 Å². The number of aromatic nitrogens is 2. The highest BCUT2D eigenvalue weighted by atomic mass is 32.1. The number of aliphatic hydroxyl groups excluding tert-OH is 3. The Morgan fingerprint density at radius 3 is 2.65 bits per heavy atom. The van der Waals surface area contributed by atoms with E-state index < -0.39 is 55.1 Å². The number of hydrogen-bond acceptors (Lipinski definition) is 8. The van der Waals surface area contributed by atoms with Gasteiger partial charge in [-0.2, -0.15) is 0 Å². The van der Waals surface area contributed by atoms with Gasteiger partial charge in [0.25, 0.3) is 5.56 Å². The van der Waals surface area contributed by atoms with Gasteiger partial charge in [0.2, 0.25) is 0 Å². The van der Waals surface area contributed by atoms with Crippen molar-refractivity contribution in [2.24, 2.45) is 5.73 Å². The van der Waals surface area contributed by atoms with E-state index >= 15 is 0 Å². The summed E-state index contributed by atoms with van der Waals surface area (Å²) in [5.74, 6) is -1.18. The molecule has 0 radical (unpaired) electrons. The van der Waals surface area contributed by atoms with E-state index in [4.69, 9.17) is 32.9 Å². The van der Waals surface area contributed by atoms with Crippen LogP contribution in [0.25, 0.3) is 0 Å². The fourth-order valence-corrected chi connectivity index (χ4v) is 2.61. The number of nitrogens with one attached hydrogen (secondary N) is 1. The third-order valence-corrected chi connectivity index (χ3v) is 3.89. The van der Waals surface area contributed by atoms with Gasteiger partial charge in [0.15, 0.2) is 11.0 Å². The second-order valence-electron chi connectivity index (χ2n) is 5.18.